The van der Waals surface area contributed by atoms with Gasteiger partial charge in [-0.25, -0.2) is 23.2 Å². The molecule has 5 aromatic carbocycles. The number of anilines is 2. The minimum absolute atomic E-state index is 0.0530. The number of rotatable bonds is 24. The van der Waals surface area contributed by atoms with Crippen LogP contribution in [-0.4, -0.2) is 113 Å². The maximum atomic E-state index is 14.1. The van der Waals surface area contributed by atoms with Crippen molar-refractivity contribution >= 4 is 78.4 Å². The number of nitrogen functional groups attached to an aromatic ring is 1. The fourth-order valence-corrected chi connectivity index (χ4v) is 9.18. The smallest absolute Gasteiger partial charge is 0.345 e. The molecule has 78 heavy (non-hydrogen) atoms. The number of hydrogen-bond acceptors (Lipinski definition) is 17. The first kappa shape index (κ1) is 55.3. The Bertz CT molecular complexity index is 3610. The summed E-state index contributed by atoms with van der Waals surface area (Å²) >= 11 is 0. The van der Waals surface area contributed by atoms with Gasteiger partial charge in [0.05, 0.1) is 71.3 Å². The SMILES string of the molecule is Cc1cc(C(=O)NCCOCCOCCNC(=O)C(Cc2ccc(O)cc2)NC(=O)c2ccc(NCc3cnc4nc(N)[nH]c(=O)c4n3)cc2)cc(C)c1OC(=O)c1c2ccccc2[n+](CCCS(=O)(=O)[O-])c2ccccc12. The minimum Gasteiger partial charge on any atom is -0.748 e. The van der Waals surface area contributed by atoms with E-state index in [1.54, 1.807) is 86.6 Å². The van der Waals surface area contributed by atoms with Gasteiger partial charge in [-0.1, -0.05) is 36.4 Å². The van der Waals surface area contributed by atoms with Crippen LogP contribution in [0, 0.1) is 13.8 Å². The number of hydrogen-bond donors (Lipinski definition) is 7. The standard InChI is InChI=1S/C55H56N10O12S/c1-33-28-37(29-34(2)48(33)77-54(71)46-41-8-3-5-10-44(41)65(22-7-27-78(72,73)74)45-11-6-4-9-42(45)46)50(67)57-20-23-75-25-26-76-24-21-58-52(69)43(30-35-12-18-40(66)19-13-35)62-51(68)36-14-16-38(17-15-36)59-31-39-32-60-49-47(61-39)53(70)64-55(56)63-49/h3-6,8-19,28-29,32,43H,7,20-27,30-31H2,1-2H3,(H8-,56,57,58,59,60,62,63,64,66,67,68,69,70,72,73,74). The summed E-state index contributed by atoms with van der Waals surface area (Å²) in [6.07, 6.45) is 1.71. The maximum Gasteiger partial charge on any atom is 0.345 e. The van der Waals surface area contributed by atoms with Crippen LogP contribution in [-0.2, 0) is 43.9 Å². The number of aryl methyl sites for hydroxylation is 3. The molecule has 23 heteroatoms. The second kappa shape index (κ2) is 25.3. The molecule has 3 aromatic heterocycles. The molecule has 0 radical (unpaired) electrons. The molecule has 404 valence electrons. The van der Waals surface area contributed by atoms with Gasteiger partial charge in [0, 0.05) is 60.6 Å². The number of esters is 1. The fourth-order valence-electron chi connectivity index (χ4n) is 8.70. The molecule has 8 N–H and O–H groups in total. The summed E-state index contributed by atoms with van der Waals surface area (Å²) in [5.74, 6) is -2.13. The third kappa shape index (κ3) is 14.3. The van der Waals surface area contributed by atoms with Gasteiger partial charge in [0.15, 0.2) is 17.7 Å². The average molecular weight is 1080 g/mol. The van der Waals surface area contributed by atoms with Gasteiger partial charge < -0.3 is 50.9 Å². The van der Waals surface area contributed by atoms with Crippen molar-refractivity contribution in [3.63, 3.8) is 0 Å². The maximum absolute atomic E-state index is 14.1. The van der Waals surface area contributed by atoms with E-state index in [9.17, 15) is 42.0 Å². The fraction of sp³-hybridized carbons (Fsp3) is 0.255. The lowest BCUT2D eigenvalue weighted by Crippen LogP contribution is -2.48. The second-order valence-corrected chi connectivity index (χ2v) is 19.6. The Labute approximate surface area is 447 Å². The molecule has 0 aliphatic carbocycles. The summed E-state index contributed by atoms with van der Waals surface area (Å²) in [6.45, 7) is 5.01. The number of phenolic OH excluding ortho intramolecular Hbond substituents is 1. The Hall–Kier alpha value is -8.90. The van der Waals surface area contributed by atoms with Crippen molar-refractivity contribution in [2.45, 2.75) is 45.8 Å². The molecule has 3 amide bonds. The Morgan fingerprint density at radius 1 is 0.795 bits per heavy atom. The Kier molecular flexibility index (Phi) is 17.9. The van der Waals surface area contributed by atoms with Crippen LogP contribution in [0.5, 0.6) is 11.5 Å². The molecule has 0 bridgehead atoms. The summed E-state index contributed by atoms with van der Waals surface area (Å²) < 4.78 is 53.3. The highest BCUT2D eigenvalue weighted by molar-refractivity contribution is 7.85. The van der Waals surface area contributed by atoms with Gasteiger partial charge in [0.25, 0.3) is 17.4 Å². The van der Waals surface area contributed by atoms with E-state index in [1.807, 2.05) is 28.8 Å². The predicted molar refractivity (Wildman–Crippen MR) is 288 cm³/mol. The zero-order valence-electron chi connectivity index (χ0n) is 42.5. The van der Waals surface area contributed by atoms with Crippen molar-refractivity contribution in [1.82, 2.24) is 35.9 Å². The van der Waals surface area contributed by atoms with E-state index < -0.39 is 45.3 Å². The zero-order chi connectivity index (χ0) is 55.3. The van der Waals surface area contributed by atoms with Crippen LogP contribution in [0.25, 0.3) is 33.0 Å². The molecular weight excluding hydrogens is 1020 g/mol. The van der Waals surface area contributed by atoms with E-state index in [-0.39, 0.29) is 94.2 Å². The summed E-state index contributed by atoms with van der Waals surface area (Å²) in [5.41, 5.74) is 10.5. The molecule has 0 aliphatic rings. The lowest BCUT2D eigenvalue weighted by Gasteiger charge is -2.19. The lowest BCUT2D eigenvalue weighted by atomic mass is 10.0. The Morgan fingerprint density at radius 2 is 1.42 bits per heavy atom. The number of nitrogens with one attached hydrogen (secondary N) is 5. The summed E-state index contributed by atoms with van der Waals surface area (Å²) in [7, 11) is -4.41. The van der Waals surface area contributed by atoms with E-state index in [0.717, 1.165) is 0 Å². The topological polar surface area (TPSA) is 323 Å². The van der Waals surface area contributed by atoms with E-state index in [1.165, 1.54) is 18.3 Å². The number of fused-ring (bicyclic) bond motifs is 3. The number of pyridine rings is 1. The monoisotopic (exact) mass is 1080 g/mol. The second-order valence-electron chi connectivity index (χ2n) is 18.1. The Balaban J connectivity index is 0.766. The molecule has 0 spiro atoms. The normalized spacial score (nSPS) is 11.8. The number of carbonyl (C=O) groups is 4. The van der Waals surface area contributed by atoms with Crippen molar-refractivity contribution in [1.29, 1.82) is 0 Å². The molecule has 0 aliphatic heterocycles. The predicted octanol–water partition coefficient (Wildman–Crippen LogP) is 3.90. The molecule has 0 saturated carbocycles. The molecule has 1 unspecified atom stereocenters. The highest BCUT2D eigenvalue weighted by atomic mass is 32.2. The van der Waals surface area contributed by atoms with Crippen LogP contribution in [0.1, 0.15) is 59.9 Å². The first-order valence-corrected chi connectivity index (χ1v) is 26.3. The van der Waals surface area contributed by atoms with E-state index in [2.05, 4.69) is 41.2 Å². The van der Waals surface area contributed by atoms with Gasteiger partial charge in [-0.3, -0.25) is 24.2 Å². The number of aromatic amines is 1. The summed E-state index contributed by atoms with van der Waals surface area (Å²) in [4.78, 5) is 81.2. The molecule has 0 fully saturated rings. The number of aromatic nitrogens is 5. The number of carbonyl (C=O) groups excluding carboxylic acids is 4. The number of ether oxygens (including phenoxy) is 3. The number of amides is 3. The van der Waals surface area contributed by atoms with Crippen molar-refractivity contribution in [3.05, 3.63) is 165 Å². The quantitative estimate of drug-likeness (QED) is 0.0113. The molecule has 8 rings (SSSR count). The van der Waals surface area contributed by atoms with Crippen LogP contribution in [0.2, 0.25) is 0 Å². The number of H-pyrrole nitrogens is 1. The number of benzene rings is 5. The Morgan fingerprint density at radius 3 is 2.06 bits per heavy atom. The zero-order valence-corrected chi connectivity index (χ0v) is 43.4. The third-order valence-electron chi connectivity index (χ3n) is 12.4. The van der Waals surface area contributed by atoms with E-state index in [4.69, 9.17) is 19.9 Å². The van der Waals surface area contributed by atoms with E-state index in [0.29, 0.717) is 72.3 Å². The number of aromatic hydroxyl groups is 1. The first-order chi connectivity index (χ1) is 37.5. The largest absolute Gasteiger partial charge is 0.748 e. The highest BCUT2D eigenvalue weighted by Gasteiger charge is 2.27. The van der Waals surface area contributed by atoms with Crippen LogP contribution >= 0.6 is 0 Å². The minimum atomic E-state index is -4.41. The van der Waals surface area contributed by atoms with Crippen LogP contribution in [0.15, 0.2) is 120 Å². The molecule has 1 atom stereocenters. The number of para-hydroxylation sites is 2. The van der Waals surface area contributed by atoms with Crippen molar-refractivity contribution in [2.24, 2.45) is 0 Å². The number of phenols is 1. The first-order valence-electron chi connectivity index (χ1n) is 24.8. The molecule has 8 aromatic rings. The van der Waals surface area contributed by atoms with Gasteiger partial charge in [-0.05, 0) is 91.2 Å². The third-order valence-corrected chi connectivity index (χ3v) is 13.2. The van der Waals surface area contributed by atoms with Gasteiger partial charge in [0.1, 0.15) is 17.5 Å². The summed E-state index contributed by atoms with van der Waals surface area (Å²) in [5, 5.41) is 22.6. The van der Waals surface area contributed by atoms with Crippen LogP contribution in [0.4, 0.5) is 11.6 Å². The van der Waals surface area contributed by atoms with Crippen LogP contribution < -0.4 is 41.9 Å². The van der Waals surface area contributed by atoms with Gasteiger partial charge in [0.2, 0.25) is 22.9 Å². The molecule has 22 nitrogen and oxygen atoms in total. The van der Waals surface area contributed by atoms with Gasteiger partial charge >= 0.3 is 5.97 Å². The van der Waals surface area contributed by atoms with Crippen molar-refractivity contribution in [2.75, 3.05) is 56.3 Å². The lowest BCUT2D eigenvalue weighted by molar-refractivity contribution is -0.645. The summed E-state index contributed by atoms with van der Waals surface area (Å²) in [6, 6.07) is 29.6. The van der Waals surface area contributed by atoms with Crippen molar-refractivity contribution < 1.29 is 56.0 Å². The number of nitrogens with zero attached hydrogens (tertiary/aromatic N) is 4. The van der Waals surface area contributed by atoms with Crippen LogP contribution in [0.3, 0.4) is 0 Å². The molecular formula is C55H56N10O12S. The molecule has 3 heterocycles. The van der Waals surface area contributed by atoms with Crippen molar-refractivity contribution in [3.8, 4) is 11.5 Å². The van der Waals surface area contributed by atoms with E-state index >= 15 is 0 Å². The average Bonchev–Trinajstić information content (AvgIpc) is 3.49. The highest BCUT2D eigenvalue weighted by Crippen LogP contribution is 2.30. The molecule has 0 saturated heterocycles. The van der Waals surface area contributed by atoms with Gasteiger partial charge in [-0.15, -0.1) is 0 Å². The number of nitrogens with two attached hydrogens (primary N) is 1. The van der Waals surface area contributed by atoms with Gasteiger partial charge in [-0.2, -0.15) is 9.55 Å².